The lowest BCUT2D eigenvalue weighted by Crippen LogP contribution is -2.36. The van der Waals surface area contributed by atoms with Crippen LogP contribution in [0.25, 0.3) is 10.4 Å². The highest BCUT2D eigenvalue weighted by Crippen LogP contribution is 2.49. The first-order chi connectivity index (χ1) is 16.8. The van der Waals surface area contributed by atoms with Crippen LogP contribution < -0.4 is 5.32 Å². The highest BCUT2D eigenvalue weighted by atomic mass is 32.1. The normalized spacial score (nSPS) is 22.1. The zero-order valence-corrected chi connectivity index (χ0v) is 20.9. The molecule has 3 N–H and O–H groups in total. The van der Waals surface area contributed by atoms with Crippen molar-refractivity contribution in [3.8, 4) is 10.4 Å². The summed E-state index contributed by atoms with van der Waals surface area (Å²) in [4.78, 5) is 24.5. The Hall–Kier alpha value is -3.05. The molecule has 2 aromatic heterocycles. The van der Waals surface area contributed by atoms with Gasteiger partial charge in [-0.3, -0.25) is 4.79 Å². The van der Waals surface area contributed by atoms with Gasteiger partial charge < -0.3 is 15.5 Å². The maximum atomic E-state index is 13.0. The Labute approximate surface area is 210 Å². The molecule has 36 heavy (non-hydrogen) atoms. The predicted octanol–water partition coefficient (Wildman–Crippen LogP) is 6.16. The fraction of sp³-hybridized carbons (Fsp3) is 0.440. The summed E-state index contributed by atoms with van der Waals surface area (Å²) in [6.45, 7) is 5.59. The molecule has 1 aromatic carbocycles. The third-order valence-corrected chi connectivity index (χ3v) is 7.78. The number of rotatable bonds is 5. The van der Waals surface area contributed by atoms with Crippen molar-refractivity contribution in [3.63, 3.8) is 0 Å². The Kier molecular flexibility index (Phi) is 6.82. The number of alkyl halides is 3. The molecule has 1 aliphatic rings. The van der Waals surface area contributed by atoms with Crippen molar-refractivity contribution in [1.82, 2.24) is 15.0 Å². The Morgan fingerprint density at radius 2 is 1.97 bits per heavy atom. The number of nitrogens with zero attached hydrogens (tertiary/aromatic N) is 3. The van der Waals surface area contributed by atoms with E-state index in [0.717, 1.165) is 28.3 Å². The van der Waals surface area contributed by atoms with Crippen molar-refractivity contribution in [2.24, 2.45) is 11.3 Å². The van der Waals surface area contributed by atoms with Crippen LogP contribution in [0.1, 0.15) is 55.8 Å². The van der Waals surface area contributed by atoms with Gasteiger partial charge in [-0.1, -0.05) is 19.9 Å². The molecule has 192 valence electrons. The summed E-state index contributed by atoms with van der Waals surface area (Å²) in [5.74, 6) is -1.57. The highest BCUT2D eigenvalue weighted by Gasteiger charge is 2.46. The fourth-order valence-corrected chi connectivity index (χ4v) is 5.94. The van der Waals surface area contributed by atoms with Crippen LogP contribution in [0.5, 0.6) is 0 Å². The zero-order valence-electron chi connectivity index (χ0n) is 20.1. The van der Waals surface area contributed by atoms with Crippen LogP contribution in [0.15, 0.2) is 36.7 Å². The predicted molar refractivity (Wildman–Crippen MR) is 130 cm³/mol. The van der Waals surface area contributed by atoms with Gasteiger partial charge in [-0.25, -0.2) is 15.0 Å². The number of carbonyl (C=O) groups is 1. The van der Waals surface area contributed by atoms with Crippen LogP contribution in [0.2, 0.25) is 0 Å². The number of nitrogens with one attached hydrogen (secondary N) is 1. The van der Waals surface area contributed by atoms with Gasteiger partial charge in [0, 0.05) is 18.1 Å². The third kappa shape index (κ3) is 5.52. The van der Waals surface area contributed by atoms with E-state index >= 15 is 0 Å². The van der Waals surface area contributed by atoms with Crippen molar-refractivity contribution in [1.29, 1.82) is 0 Å². The number of aryl methyl sites for hydroxylation is 1. The largest absolute Gasteiger partial charge is 0.481 e. The molecule has 0 spiro atoms. The molecule has 1 aliphatic carbocycles. The van der Waals surface area contributed by atoms with Crippen LogP contribution in [0.4, 0.5) is 24.8 Å². The lowest BCUT2D eigenvalue weighted by molar-refractivity contribution is -0.147. The van der Waals surface area contributed by atoms with Gasteiger partial charge >= 0.3 is 12.1 Å². The number of hydrogen-bond acceptors (Lipinski definition) is 7. The molecule has 4 rings (SSSR count). The number of hydrogen-bond donors (Lipinski definition) is 3. The smallest absolute Gasteiger partial charge is 0.433 e. The number of aliphatic carboxylic acids is 1. The molecule has 0 aliphatic heterocycles. The second-order valence-corrected chi connectivity index (χ2v) is 11.0. The van der Waals surface area contributed by atoms with Gasteiger partial charge in [-0.05, 0) is 67.3 Å². The van der Waals surface area contributed by atoms with Crippen LogP contribution in [0.3, 0.4) is 0 Å². The summed E-state index contributed by atoms with van der Waals surface area (Å²) in [5.41, 5.74) is -0.756. The summed E-state index contributed by atoms with van der Waals surface area (Å²) < 4.78 is 39.0. The average Bonchev–Trinajstić information content (AvgIpc) is 3.22. The molecule has 0 saturated heterocycles. The van der Waals surface area contributed by atoms with Gasteiger partial charge in [0.25, 0.3) is 0 Å². The summed E-state index contributed by atoms with van der Waals surface area (Å²) >= 11 is 1.32. The van der Waals surface area contributed by atoms with E-state index in [2.05, 4.69) is 20.3 Å². The first kappa shape index (κ1) is 26.0. The number of carboxylic acids is 1. The monoisotopic (exact) mass is 520 g/mol. The van der Waals surface area contributed by atoms with Gasteiger partial charge in [0.2, 0.25) is 5.95 Å². The molecule has 0 amide bonds. The molecular formula is C25H27F3N4O3S. The number of aliphatic hydroxyl groups is 1. The van der Waals surface area contributed by atoms with Gasteiger partial charge in [0.1, 0.15) is 16.3 Å². The molecule has 3 aromatic rings. The van der Waals surface area contributed by atoms with Crippen LogP contribution >= 0.6 is 11.3 Å². The Morgan fingerprint density at radius 3 is 2.67 bits per heavy atom. The van der Waals surface area contributed by atoms with E-state index in [1.807, 2.05) is 26.8 Å². The quantitative estimate of drug-likeness (QED) is 0.346. The second kappa shape index (κ2) is 9.44. The number of halogens is 3. The molecule has 2 heterocycles. The van der Waals surface area contributed by atoms with Gasteiger partial charge in [-0.2, -0.15) is 13.2 Å². The van der Waals surface area contributed by atoms with E-state index in [1.165, 1.54) is 11.3 Å². The van der Waals surface area contributed by atoms with E-state index in [9.17, 15) is 28.2 Å². The average molecular weight is 521 g/mol. The van der Waals surface area contributed by atoms with Crippen LogP contribution in [0, 0.1) is 18.3 Å². The fourth-order valence-electron chi connectivity index (χ4n) is 4.92. The highest BCUT2D eigenvalue weighted by molar-refractivity contribution is 7.15. The summed E-state index contributed by atoms with van der Waals surface area (Å²) in [6.07, 6.45) is -0.113. The van der Waals surface area contributed by atoms with E-state index in [1.54, 1.807) is 18.3 Å². The molecule has 7 nitrogen and oxygen atoms in total. The Bertz CT molecular complexity index is 1280. The number of thiazole rings is 1. The molecule has 11 heteroatoms. The topological polar surface area (TPSA) is 108 Å². The third-order valence-electron chi connectivity index (χ3n) is 6.54. The van der Waals surface area contributed by atoms with E-state index < -0.39 is 34.8 Å². The van der Waals surface area contributed by atoms with E-state index in [4.69, 9.17) is 0 Å². The molecule has 2 atom stereocenters. The Morgan fingerprint density at radius 1 is 1.22 bits per heavy atom. The number of benzene rings is 1. The molecule has 2 unspecified atom stereocenters. The minimum absolute atomic E-state index is 0.172. The van der Waals surface area contributed by atoms with Crippen LogP contribution in [-0.4, -0.2) is 31.1 Å². The minimum atomic E-state index is -4.58. The SMILES string of the molecule is Cc1cc(Nc2nccc(C(F)(F)F)n2)cc(-c2cnc(C3(O)CCCC(C(=O)O)C(C)(C)C3)s2)c1. The summed E-state index contributed by atoms with van der Waals surface area (Å²) in [6, 6.07) is 6.25. The molecule has 1 fully saturated rings. The summed E-state index contributed by atoms with van der Waals surface area (Å²) in [7, 11) is 0. The lowest BCUT2D eigenvalue weighted by Gasteiger charge is -2.35. The summed E-state index contributed by atoms with van der Waals surface area (Å²) in [5, 5.41) is 24.5. The van der Waals surface area contributed by atoms with E-state index in [0.29, 0.717) is 30.0 Å². The van der Waals surface area contributed by atoms with E-state index in [-0.39, 0.29) is 12.4 Å². The van der Waals surface area contributed by atoms with Gasteiger partial charge in [-0.15, -0.1) is 11.3 Å². The molecule has 0 radical (unpaired) electrons. The second-order valence-electron chi connectivity index (χ2n) is 9.99. The molecular weight excluding hydrogens is 493 g/mol. The first-order valence-corrected chi connectivity index (χ1v) is 12.3. The lowest BCUT2D eigenvalue weighted by atomic mass is 9.72. The zero-order chi connectivity index (χ0) is 26.3. The molecule has 1 saturated carbocycles. The van der Waals surface area contributed by atoms with Gasteiger partial charge in [0.05, 0.1) is 10.8 Å². The van der Waals surface area contributed by atoms with Gasteiger partial charge in [0.15, 0.2) is 0 Å². The number of anilines is 2. The molecule has 0 bridgehead atoms. The van der Waals surface area contributed by atoms with Crippen molar-refractivity contribution in [2.45, 2.75) is 58.2 Å². The number of carboxylic acid groups (broad SMARTS) is 1. The van der Waals surface area contributed by atoms with Crippen molar-refractivity contribution >= 4 is 28.9 Å². The Balaban J connectivity index is 1.61. The van der Waals surface area contributed by atoms with Crippen molar-refractivity contribution < 1.29 is 28.2 Å². The standard InChI is InChI=1S/C25H27F3N4O3S/c1-14-9-15(11-16(10-14)31-22-29-8-6-19(32-22)25(26,27)28)18-12-30-21(36-18)24(35)7-4-5-17(20(33)34)23(2,3)13-24/h6,8-12,17,35H,4-5,7,13H2,1-3H3,(H,33,34)(H,29,31,32). The first-order valence-electron chi connectivity index (χ1n) is 11.5. The minimum Gasteiger partial charge on any atom is -0.481 e. The maximum Gasteiger partial charge on any atom is 0.433 e. The van der Waals surface area contributed by atoms with Crippen molar-refractivity contribution in [2.75, 3.05) is 5.32 Å². The maximum absolute atomic E-state index is 13.0. The van der Waals surface area contributed by atoms with Crippen LogP contribution in [-0.2, 0) is 16.6 Å². The number of aromatic nitrogens is 3. The van der Waals surface area contributed by atoms with Crippen molar-refractivity contribution in [3.05, 3.63) is 52.9 Å².